The van der Waals surface area contributed by atoms with Crippen LogP contribution in [-0.2, 0) is 24.3 Å². The molecule has 0 spiro atoms. The zero-order valence-corrected chi connectivity index (χ0v) is 12.7. The molecule has 0 aromatic heterocycles. The largest absolute Gasteiger partial charge is 0.464 e. The minimum atomic E-state index is -5.30. The maximum Gasteiger partial charge on any atom is 0.441 e. The maximum absolute atomic E-state index is 12.7. The van der Waals surface area contributed by atoms with E-state index in [9.17, 15) is 31.2 Å². The highest BCUT2D eigenvalue weighted by Crippen LogP contribution is 2.22. The van der Waals surface area contributed by atoms with E-state index in [0.29, 0.717) is 7.11 Å². The lowest BCUT2D eigenvalue weighted by atomic mass is 10.3. The van der Waals surface area contributed by atoms with E-state index < -0.39 is 38.7 Å². The van der Waals surface area contributed by atoms with E-state index in [1.54, 1.807) is 0 Å². The van der Waals surface area contributed by atoms with Gasteiger partial charge in [0.2, 0.25) is 11.6 Å². The van der Waals surface area contributed by atoms with Crippen molar-refractivity contribution < 1.29 is 35.9 Å². The van der Waals surface area contributed by atoms with Gasteiger partial charge in [-0.1, -0.05) is 0 Å². The summed E-state index contributed by atoms with van der Waals surface area (Å²) in [4.78, 5) is 21.3. The molecule has 0 bridgehead atoms. The quantitative estimate of drug-likeness (QED) is 0.654. The number of hydrogen-bond donors (Lipinski definition) is 1. The molecule has 0 aliphatic rings. The number of hydrogen-bond acceptors (Lipinski definition) is 5. The third-order valence-electron chi connectivity index (χ3n) is 2.33. The Hall–Kier alpha value is -2.43. The van der Waals surface area contributed by atoms with Crippen LogP contribution in [0.15, 0.2) is 33.6 Å². The molecule has 0 fully saturated rings. The molecule has 0 radical (unpaired) electrons. The summed E-state index contributed by atoms with van der Waals surface area (Å²) in [5.41, 5.74) is -1.95. The van der Waals surface area contributed by atoms with Gasteiger partial charge in [-0.25, -0.2) is 4.79 Å². The van der Waals surface area contributed by atoms with Crippen LogP contribution in [0.1, 0.15) is 6.92 Å². The molecular formula is C12H11F3N2O5S. The highest BCUT2D eigenvalue weighted by molar-refractivity contribution is 7.90. The number of methoxy groups -OCH3 is 1. The van der Waals surface area contributed by atoms with Crippen LogP contribution < -0.4 is 5.32 Å². The molecular weight excluding hydrogens is 341 g/mol. The topological polar surface area (TPSA) is 102 Å². The SMILES string of the molecule is COC(=O)C(=NS(=O)(=O)c1ccc(NC(C)=O)cc1)C(F)(F)F. The van der Waals surface area contributed by atoms with E-state index in [1.165, 1.54) is 6.92 Å². The fraction of sp³-hybridized carbons (Fsp3) is 0.250. The zero-order chi connectivity index (χ0) is 17.8. The van der Waals surface area contributed by atoms with Crippen molar-refractivity contribution in [3.63, 3.8) is 0 Å². The number of carbonyl (C=O) groups excluding carboxylic acids is 2. The number of ether oxygens (including phenoxy) is 1. The van der Waals surface area contributed by atoms with Crippen LogP contribution in [0, 0.1) is 0 Å². The standard InChI is InChI=1S/C12H11F3N2O5S/c1-7(18)16-8-3-5-9(6-4-8)23(20,21)17-10(11(19)22-2)12(13,14)15/h3-6H,1-2H3,(H,16,18). The van der Waals surface area contributed by atoms with Crippen molar-refractivity contribution in [2.24, 2.45) is 4.40 Å². The molecule has 11 heteroatoms. The second-order valence-electron chi connectivity index (χ2n) is 4.11. The summed E-state index contributed by atoms with van der Waals surface area (Å²) in [6.07, 6.45) is -5.30. The van der Waals surface area contributed by atoms with E-state index in [1.807, 2.05) is 0 Å². The van der Waals surface area contributed by atoms with E-state index >= 15 is 0 Å². The average Bonchev–Trinajstić information content (AvgIpc) is 2.43. The third kappa shape index (κ3) is 5.06. The number of rotatable bonds is 4. The van der Waals surface area contributed by atoms with Gasteiger partial charge in [-0.15, -0.1) is 4.40 Å². The number of sulfonamides is 1. The Labute approximate surface area is 129 Å². The van der Waals surface area contributed by atoms with Crippen molar-refractivity contribution in [3.8, 4) is 0 Å². The second-order valence-corrected chi connectivity index (χ2v) is 5.71. The lowest BCUT2D eigenvalue weighted by Gasteiger charge is -2.08. The predicted molar refractivity (Wildman–Crippen MR) is 73.4 cm³/mol. The number of benzene rings is 1. The minimum Gasteiger partial charge on any atom is -0.464 e. The zero-order valence-electron chi connectivity index (χ0n) is 11.8. The van der Waals surface area contributed by atoms with Crippen molar-refractivity contribution in [1.82, 2.24) is 0 Å². The number of esters is 1. The lowest BCUT2D eigenvalue weighted by Crippen LogP contribution is -2.33. The van der Waals surface area contributed by atoms with Gasteiger partial charge in [0.15, 0.2) is 0 Å². The number of nitrogens with one attached hydrogen (secondary N) is 1. The van der Waals surface area contributed by atoms with Crippen molar-refractivity contribution >= 4 is 33.3 Å². The maximum atomic E-state index is 12.7. The molecule has 1 aromatic rings. The van der Waals surface area contributed by atoms with Gasteiger partial charge < -0.3 is 10.1 Å². The molecule has 1 N–H and O–H groups in total. The number of amides is 1. The van der Waals surface area contributed by atoms with Crippen LogP contribution in [0.5, 0.6) is 0 Å². The summed E-state index contributed by atoms with van der Waals surface area (Å²) in [7, 11) is -4.12. The summed E-state index contributed by atoms with van der Waals surface area (Å²) in [5, 5.41) is 2.35. The summed E-state index contributed by atoms with van der Waals surface area (Å²) in [6, 6.07) is 4.20. The molecule has 0 heterocycles. The van der Waals surface area contributed by atoms with Crippen molar-refractivity contribution in [3.05, 3.63) is 24.3 Å². The first-order valence-corrected chi connectivity index (χ1v) is 7.29. The van der Waals surface area contributed by atoms with Gasteiger partial charge in [0.1, 0.15) is 0 Å². The Morgan fingerprint density at radius 1 is 1.17 bits per heavy atom. The van der Waals surface area contributed by atoms with E-state index in [-0.39, 0.29) is 5.69 Å². The molecule has 1 amide bonds. The molecule has 0 unspecified atom stereocenters. The monoisotopic (exact) mass is 352 g/mol. The first-order chi connectivity index (χ1) is 10.5. The predicted octanol–water partition coefficient (Wildman–Crippen LogP) is 1.51. The van der Waals surface area contributed by atoms with Crippen LogP contribution in [0.2, 0.25) is 0 Å². The minimum absolute atomic E-state index is 0.240. The Kier molecular flexibility index (Phi) is 5.48. The van der Waals surface area contributed by atoms with Crippen molar-refractivity contribution in [1.29, 1.82) is 0 Å². The number of halogens is 3. The number of carbonyl (C=O) groups is 2. The first-order valence-electron chi connectivity index (χ1n) is 5.85. The smallest absolute Gasteiger partial charge is 0.441 e. The Morgan fingerprint density at radius 3 is 2.09 bits per heavy atom. The molecule has 0 saturated heterocycles. The summed E-state index contributed by atoms with van der Waals surface area (Å²) >= 11 is 0. The molecule has 0 atom stereocenters. The van der Waals surface area contributed by atoms with Gasteiger partial charge in [-0.3, -0.25) is 4.79 Å². The fourth-order valence-corrected chi connectivity index (χ4v) is 2.39. The summed E-state index contributed by atoms with van der Waals surface area (Å²) in [6.45, 7) is 1.22. The normalized spacial score (nSPS) is 12.7. The molecule has 1 rings (SSSR count). The highest BCUT2D eigenvalue weighted by Gasteiger charge is 2.43. The molecule has 0 aliphatic heterocycles. The lowest BCUT2D eigenvalue weighted by molar-refractivity contribution is -0.137. The van der Waals surface area contributed by atoms with Gasteiger partial charge in [-0.05, 0) is 24.3 Å². The van der Waals surface area contributed by atoms with Gasteiger partial charge in [0.05, 0.1) is 12.0 Å². The number of nitrogens with zero attached hydrogens (tertiary/aromatic N) is 1. The van der Waals surface area contributed by atoms with Crippen molar-refractivity contribution in [2.45, 2.75) is 18.0 Å². The van der Waals surface area contributed by atoms with Crippen LogP contribution in [-0.4, -0.2) is 39.3 Å². The van der Waals surface area contributed by atoms with Crippen LogP contribution in [0.4, 0.5) is 18.9 Å². The Bertz CT molecular complexity index is 739. The van der Waals surface area contributed by atoms with E-state index in [2.05, 4.69) is 14.5 Å². The molecule has 7 nitrogen and oxygen atoms in total. The molecule has 0 aliphatic carbocycles. The fourth-order valence-electron chi connectivity index (χ4n) is 1.39. The highest BCUT2D eigenvalue weighted by atomic mass is 32.2. The van der Waals surface area contributed by atoms with Gasteiger partial charge in [0, 0.05) is 12.6 Å². The first kappa shape index (κ1) is 18.6. The second kappa shape index (κ2) is 6.77. The van der Waals surface area contributed by atoms with Gasteiger partial charge in [0.25, 0.3) is 10.0 Å². The number of alkyl halides is 3. The third-order valence-corrected chi connectivity index (χ3v) is 3.62. The summed E-state index contributed by atoms with van der Waals surface area (Å²) in [5.74, 6) is -2.33. The molecule has 1 aromatic carbocycles. The van der Waals surface area contributed by atoms with E-state index in [4.69, 9.17) is 0 Å². The van der Waals surface area contributed by atoms with Crippen LogP contribution in [0.3, 0.4) is 0 Å². The molecule has 0 saturated carbocycles. The van der Waals surface area contributed by atoms with Crippen LogP contribution in [0.25, 0.3) is 0 Å². The Balaban J connectivity index is 3.26. The number of anilines is 1. The van der Waals surface area contributed by atoms with Gasteiger partial charge in [-0.2, -0.15) is 21.6 Å². The molecule has 126 valence electrons. The van der Waals surface area contributed by atoms with Crippen molar-refractivity contribution in [2.75, 3.05) is 12.4 Å². The van der Waals surface area contributed by atoms with E-state index in [0.717, 1.165) is 24.3 Å². The summed E-state index contributed by atoms with van der Waals surface area (Å²) < 4.78 is 68.1. The van der Waals surface area contributed by atoms with Crippen LogP contribution >= 0.6 is 0 Å². The average molecular weight is 352 g/mol. The Morgan fingerprint density at radius 2 is 1.70 bits per heavy atom. The van der Waals surface area contributed by atoms with Gasteiger partial charge >= 0.3 is 12.1 Å². The molecule has 23 heavy (non-hydrogen) atoms.